The summed E-state index contributed by atoms with van der Waals surface area (Å²) in [5.74, 6) is -3.54. The van der Waals surface area contributed by atoms with Gasteiger partial charge in [0.1, 0.15) is 18.1 Å². The van der Waals surface area contributed by atoms with Crippen molar-refractivity contribution in [3.63, 3.8) is 0 Å². The van der Waals surface area contributed by atoms with Crippen LogP contribution in [0.2, 0.25) is 0 Å². The second-order valence-corrected chi connectivity index (χ2v) is 5.80. The zero-order valence-electron chi connectivity index (χ0n) is 14.3. The van der Waals surface area contributed by atoms with Gasteiger partial charge in [0.15, 0.2) is 0 Å². The van der Waals surface area contributed by atoms with Gasteiger partial charge in [0.2, 0.25) is 17.7 Å². The van der Waals surface area contributed by atoms with Gasteiger partial charge >= 0.3 is 5.97 Å². The molecule has 0 fully saturated rings. The summed E-state index contributed by atoms with van der Waals surface area (Å²) in [6, 6.07) is -3.56. The van der Waals surface area contributed by atoms with Gasteiger partial charge in [-0.05, 0) is 25.8 Å². The Hall–Kier alpha value is -1.89. The molecule has 0 aliphatic heterocycles. The quantitative estimate of drug-likeness (QED) is 0.117. The number of nitrogens with two attached hydrogens (primary N) is 2. The minimum atomic E-state index is -1.29. The molecule has 12 heteroatoms. The molecule has 0 radical (unpaired) electrons. The predicted molar refractivity (Wildman–Crippen MR) is 96.3 cm³/mol. The highest BCUT2D eigenvalue weighted by molar-refractivity contribution is 7.80. The number of carboxylic acids is 1. The Kier molecular flexibility index (Phi) is 12.4. The Morgan fingerprint density at radius 3 is 1.96 bits per heavy atom. The molecule has 0 spiro atoms. The van der Waals surface area contributed by atoms with Crippen LogP contribution in [0.3, 0.4) is 0 Å². The predicted octanol–water partition coefficient (Wildman–Crippen LogP) is -3.46. The van der Waals surface area contributed by atoms with Crippen LogP contribution in [-0.2, 0) is 19.2 Å². The molecule has 3 amide bonds. The number of hydrogen-bond acceptors (Lipinski definition) is 8. The first-order valence-electron chi connectivity index (χ1n) is 8.05. The summed E-state index contributed by atoms with van der Waals surface area (Å²) in [7, 11) is 0. The van der Waals surface area contributed by atoms with Crippen molar-refractivity contribution < 1.29 is 29.4 Å². The van der Waals surface area contributed by atoms with E-state index in [-0.39, 0.29) is 18.7 Å². The number of hydrogen-bond donors (Lipinski definition) is 8. The number of amides is 3. The second kappa shape index (κ2) is 13.3. The smallest absolute Gasteiger partial charge is 0.326 e. The van der Waals surface area contributed by atoms with Crippen molar-refractivity contribution in [1.29, 1.82) is 0 Å². The van der Waals surface area contributed by atoms with Crippen LogP contribution in [0.4, 0.5) is 0 Å². The van der Waals surface area contributed by atoms with E-state index in [1.165, 1.54) is 0 Å². The highest BCUT2D eigenvalue weighted by Gasteiger charge is 2.28. The summed E-state index contributed by atoms with van der Waals surface area (Å²) >= 11 is 3.97. The molecule has 0 aromatic rings. The Labute approximate surface area is 156 Å². The molecule has 9 N–H and O–H groups in total. The normalized spacial score (nSPS) is 14.0. The molecule has 0 aromatic heterocycles. The second-order valence-electron chi connectivity index (χ2n) is 5.43. The van der Waals surface area contributed by atoms with Gasteiger partial charge in [-0.3, -0.25) is 14.4 Å². The third kappa shape index (κ3) is 8.99. The standard InChI is InChI=1S/C14H27N5O6S/c15-4-2-1-3-8(14(24)25)18-13(23)10(7-26)19-12(22)9(6-20)17-11(21)5-16/h8-10,20,26H,1-7,15-16H2,(H,17,21)(H,18,23)(H,19,22)(H,24,25). The van der Waals surface area contributed by atoms with E-state index in [4.69, 9.17) is 16.6 Å². The largest absolute Gasteiger partial charge is 0.480 e. The molecule has 0 bridgehead atoms. The van der Waals surface area contributed by atoms with Crippen LogP contribution in [0.1, 0.15) is 19.3 Å². The van der Waals surface area contributed by atoms with Gasteiger partial charge in [0, 0.05) is 5.75 Å². The van der Waals surface area contributed by atoms with E-state index in [9.17, 15) is 24.3 Å². The van der Waals surface area contributed by atoms with E-state index in [0.29, 0.717) is 19.4 Å². The summed E-state index contributed by atoms with van der Waals surface area (Å²) in [5.41, 5.74) is 10.5. The number of aliphatic carboxylic acids is 1. The van der Waals surface area contributed by atoms with Gasteiger partial charge in [0.05, 0.1) is 13.2 Å². The topological polar surface area (TPSA) is 197 Å². The van der Waals surface area contributed by atoms with Crippen LogP contribution in [-0.4, -0.2) is 77.5 Å². The lowest BCUT2D eigenvalue weighted by molar-refractivity contribution is -0.142. The van der Waals surface area contributed by atoms with E-state index in [1.54, 1.807) is 0 Å². The minimum absolute atomic E-state index is 0.115. The Bertz CT molecular complexity index is 492. The molecule has 0 heterocycles. The van der Waals surface area contributed by atoms with Crippen LogP contribution < -0.4 is 27.4 Å². The van der Waals surface area contributed by atoms with Crippen LogP contribution in [0.15, 0.2) is 0 Å². The van der Waals surface area contributed by atoms with Gasteiger partial charge in [-0.2, -0.15) is 12.6 Å². The lowest BCUT2D eigenvalue weighted by atomic mass is 10.1. The molecular formula is C14H27N5O6S. The van der Waals surface area contributed by atoms with Gasteiger partial charge in [0.25, 0.3) is 0 Å². The SMILES string of the molecule is NCCCCC(NC(=O)C(CS)NC(=O)C(CO)NC(=O)CN)C(=O)O. The average Bonchev–Trinajstić information content (AvgIpc) is 2.62. The van der Waals surface area contributed by atoms with Gasteiger partial charge in [-0.15, -0.1) is 0 Å². The Morgan fingerprint density at radius 1 is 0.923 bits per heavy atom. The minimum Gasteiger partial charge on any atom is -0.480 e. The molecule has 3 unspecified atom stereocenters. The van der Waals surface area contributed by atoms with Crippen molar-refractivity contribution in [3.05, 3.63) is 0 Å². The summed E-state index contributed by atoms with van der Waals surface area (Å²) in [4.78, 5) is 46.7. The number of carbonyl (C=O) groups is 4. The van der Waals surface area contributed by atoms with E-state index < -0.39 is 48.4 Å². The van der Waals surface area contributed by atoms with Crippen LogP contribution in [0.25, 0.3) is 0 Å². The van der Waals surface area contributed by atoms with Crippen LogP contribution in [0, 0.1) is 0 Å². The third-order valence-electron chi connectivity index (χ3n) is 3.40. The molecule has 11 nitrogen and oxygen atoms in total. The summed E-state index contributed by atoms with van der Waals surface area (Å²) in [6.45, 7) is -0.661. The molecule has 0 aromatic carbocycles. The van der Waals surface area contributed by atoms with Gasteiger partial charge in [-0.1, -0.05) is 0 Å². The number of nitrogens with one attached hydrogen (secondary N) is 3. The molecular weight excluding hydrogens is 366 g/mol. The number of thiol groups is 1. The lowest BCUT2D eigenvalue weighted by Gasteiger charge is -2.22. The molecule has 3 atom stereocenters. The van der Waals surface area contributed by atoms with Gasteiger partial charge in [-0.25, -0.2) is 4.79 Å². The average molecular weight is 393 g/mol. The fourth-order valence-electron chi connectivity index (χ4n) is 1.94. The molecule has 26 heavy (non-hydrogen) atoms. The number of rotatable bonds is 13. The van der Waals surface area contributed by atoms with E-state index in [1.807, 2.05) is 0 Å². The Morgan fingerprint density at radius 2 is 1.50 bits per heavy atom. The molecule has 0 aliphatic carbocycles. The zero-order valence-corrected chi connectivity index (χ0v) is 15.2. The van der Waals surface area contributed by atoms with Crippen molar-refractivity contribution in [3.8, 4) is 0 Å². The van der Waals surface area contributed by atoms with Crippen molar-refractivity contribution in [2.24, 2.45) is 11.5 Å². The van der Waals surface area contributed by atoms with Crippen molar-refractivity contribution in [1.82, 2.24) is 16.0 Å². The van der Waals surface area contributed by atoms with E-state index >= 15 is 0 Å². The first-order valence-corrected chi connectivity index (χ1v) is 8.68. The lowest BCUT2D eigenvalue weighted by Crippen LogP contribution is -2.57. The maximum absolute atomic E-state index is 12.2. The molecule has 0 saturated carbocycles. The number of carboxylic acid groups (broad SMARTS) is 1. The van der Waals surface area contributed by atoms with Gasteiger partial charge < -0.3 is 37.6 Å². The fourth-order valence-corrected chi connectivity index (χ4v) is 2.19. The maximum Gasteiger partial charge on any atom is 0.326 e. The fraction of sp³-hybridized carbons (Fsp3) is 0.714. The summed E-state index contributed by atoms with van der Waals surface area (Å²) in [5, 5.41) is 25.2. The molecule has 0 saturated heterocycles. The maximum atomic E-state index is 12.2. The number of aliphatic hydroxyl groups is 1. The Balaban J connectivity index is 4.81. The van der Waals surface area contributed by atoms with Crippen molar-refractivity contribution in [2.45, 2.75) is 37.4 Å². The van der Waals surface area contributed by atoms with Crippen LogP contribution >= 0.6 is 12.6 Å². The number of carbonyl (C=O) groups excluding carboxylic acids is 3. The van der Waals surface area contributed by atoms with E-state index in [0.717, 1.165) is 0 Å². The van der Waals surface area contributed by atoms with Crippen molar-refractivity contribution in [2.75, 3.05) is 25.4 Å². The summed E-state index contributed by atoms with van der Waals surface area (Å²) < 4.78 is 0. The molecule has 0 aliphatic rings. The third-order valence-corrected chi connectivity index (χ3v) is 3.76. The number of unbranched alkanes of at least 4 members (excludes halogenated alkanes) is 1. The highest BCUT2D eigenvalue weighted by Crippen LogP contribution is 2.02. The zero-order chi connectivity index (χ0) is 20.1. The first-order chi connectivity index (χ1) is 12.3. The molecule has 0 rings (SSSR count). The summed E-state index contributed by atoms with van der Waals surface area (Å²) in [6.07, 6.45) is 1.33. The molecule has 150 valence electrons. The highest BCUT2D eigenvalue weighted by atomic mass is 32.1. The monoisotopic (exact) mass is 393 g/mol. The first kappa shape index (κ1) is 24.1. The number of aliphatic hydroxyl groups excluding tert-OH is 1. The van der Waals surface area contributed by atoms with Crippen LogP contribution in [0.5, 0.6) is 0 Å². The van der Waals surface area contributed by atoms with Crippen molar-refractivity contribution >= 4 is 36.3 Å². The van der Waals surface area contributed by atoms with E-state index in [2.05, 4.69) is 28.6 Å².